The van der Waals surface area contributed by atoms with Crippen LogP contribution >= 0.6 is 11.6 Å². The van der Waals surface area contributed by atoms with Gasteiger partial charge in [-0.3, -0.25) is 0 Å². The molecule has 2 atom stereocenters. The third kappa shape index (κ3) is 5.78. The van der Waals surface area contributed by atoms with Gasteiger partial charge in [0.1, 0.15) is 18.5 Å². The number of rotatable bonds is 7. The Morgan fingerprint density at radius 3 is 2.58 bits per heavy atom. The van der Waals surface area contributed by atoms with E-state index in [9.17, 15) is 4.79 Å². The third-order valence-electron chi connectivity index (χ3n) is 3.59. The molecule has 0 saturated carbocycles. The highest BCUT2D eigenvalue weighted by atomic mass is 35.5. The molecule has 1 unspecified atom stereocenters. The maximum Gasteiger partial charge on any atom is 0.408 e. The van der Waals surface area contributed by atoms with E-state index in [-0.39, 0.29) is 18.8 Å². The van der Waals surface area contributed by atoms with Gasteiger partial charge in [0, 0.05) is 5.02 Å². The van der Waals surface area contributed by atoms with Gasteiger partial charge >= 0.3 is 6.09 Å². The molecule has 24 heavy (non-hydrogen) atoms. The van der Waals surface area contributed by atoms with Crippen molar-refractivity contribution in [3.63, 3.8) is 0 Å². The van der Waals surface area contributed by atoms with Crippen LogP contribution in [-0.4, -0.2) is 18.8 Å². The summed E-state index contributed by atoms with van der Waals surface area (Å²) in [6.07, 6.45) is -0.117. The van der Waals surface area contributed by atoms with Crippen LogP contribution in [0.4, 0.5) is 4.79 Å². The minimum Gasteiger partial charge on any atom is -0.490 e. The van der Waals surface area contributed by atoms with E-state index in [4.69, 9.17) is 21.1 Å². The molecule has 0 spiro atoms. The Morgan fingerprint density at radius 1 is 1.17 bits per heavy atom. The second-order valence-corrected chi connectivity index (χ2v) is 5.92. The molecule has 0 bridgehead atoms. The molecule has 0 fully saturated rings. The highest BCUT2D eigenvalue weighted by molar-refractivity contribution is 6.30. The van der Waals surface area contributed by atoms with Crippen LogP contribution in [0.3, 0.4) is 0 Å². The fourth-order valence-corrected chi connectivity index (χ4v) is 2.35. The van der Waals surface area contributed by atoms with Crippen LogP contribution in [0.2, 0.25) is 5.02 Å². The van der Waals surface area contributed by atoms with Crippen molar-refractivity contribution in [2.45, 2.75) is 32.4 Å². The van der Waals surface area contributed by atoms with Crippen molar-refractivity contribution in [3.05, 3.63) is 65.2 Å². The largest absolute Gasteiger partial charge is 0.490 e. The van der Waals surface area contributed by atoms with E-state index in [0.29, 0.717) is 17.2 Å². The quantitative estimate of drug-likeness (QED) is 0.768. The van der Waals surface area contributed by atoms with Gasteiger partial charge in [-0.15, -0.1) is 0 Å². The summed E-state index contributed by atoms with van der Waals surface area (Å²) in [4.78, 5) is 12.1. The molecule has 0 aliphatic rings. The molecule has 0 aliphatic heterocycles. The standard InChI is InChI=1S/C19H22ClNO3/c1-3-17(13-23-18-11-7-10-16(20)12-18)24-19(22)21-14(2)15-8-5-4-6-9-15/h4-12,14,17H,3,13H2,1-2H3,(H,21,22)/t14-,17?/m0/s1. The molecule has 0 saturated heterocycles. The molecule has 2 aromatic rings. The fourth-order valence-electron chi connectivity index (χ4n) is 2.17. The molecular weight excluding hydrogens is 326 g/mol. The maximum atomic E-state index is 12.1. The zero-order chi connectivity index (χ0) is 17.4. The van der Waals surface area contributed by atoms with Gasteiger partial charge < -0.3 is 14.8 Å². The fraction of sp³-hybridized carbons (Fsp3) is 0.316. The van der Waals surface area contributed by atoms with Crippen LogP contribution in [0.15, 0.2) is 54.6 Å². The molecule has 1 amide bonds. The molecule has 1 N–H and O–H groups in total. The van der Waals surface area contributed by atoms with Crippen LogP contribution in [0.5, 0.6) is 5.75 Å². The lowest BCUT2D eigenvalue weighted by Crippen LogP contribution is -2.33. The van der Waals surface area contributed by atoms with E-state index < -0.39 is 6.09 Å². The second kappa shape index (κ2) is 9.18. The predicted octanol–water partition coefficient (Wildman–Crippen LogP) is 4.98. The summed E-state index contributed by atoms with van der Waals surface area (Å²) in [5, 5.41) is 3.44. The SMILES string of the molecule is CCC(COc1cccc(Cl)c1)OC(=O)N[C@@H](C)c1ccccc1. The Balaban J connectivity index is 1.82. The van der Waals surface area contributed by atoms with Crippen molar-refractivity contribution >= 4 is 17.7 Å². The first-order valence-corrected chi connectivity index (χ1v) is 8.36. The van der Waals surface area contributed by atoms with Crippen molar-refractivity contribution in [2.75, 3.05) is 6.61 Å². The topological polar surface area (TPSA) is 47.6 Å². The molecular formula is C19H22ClNO3. The zero-order valence-corrected chi connectivity index (χ0v) is 14.6. The van der Waals surface area contributed by atoms with Gasteiger partial charge in [0.05, 0.1) is 6.04 Å². The molecule has 2 rings (SSSR count). The van der Waals surface area contributed by atoms with E-state index in [1.54, 1.807) is 12.1 Å². The number of alkyl carbamates (subject to hydrolysis) is 1. The smallest absolute Gasteiger partial charge is 0.408 e. The number of nitrogens with one attached hydrogen (secondary N) is 1. The molecule has 0 aromatic heterocycles. The van der Waals surface area contributed by atoms with Gasteiger partial charge in [-0.2, -0.15) is 0 Å². The van der Waals surface area contributed by atoms with Crippen LogP contribution in [0.1, 0.15) is 31.9 Å². The second-order valence-electron chi connectivity index (χ2n) is 5.48. The molecule has 5 heteroatoms. The van der Waals surface area contributed by atoms with Crippen molar-refractivity contribution in [1.82, 2.24) is 5.32 Å². The Morgan fingerprint density at radius 2 is 1.92 bits per heavy atom. The van der Waals surface area contributed by atoms with Gasteiger partial charge in [0.2, 0.25) is 0 Å². The number of carbonyl (C=O) groups excluding carboxylic acids is 1. The lowest BCUT2D eigenvalue weighted by atomic mass is 10.1. The number of ether oxygens (including phenoxy) is 2. The summed E-state index contributed by atoms with van der Waals surface area (Å²) in [6, 6.07) is 16.8. The van der Waals surface area contributed by atoms with Gasteiger partial charge in [-0.05, 0) is 37.1 Å². The first-order chi connectivity index (χ1) is 11.6. The minimum atomic E-state index is -0.451. The minimum absolute atomic E-state index is 0.120. The van der Waals surface area contributed by atoms with E-state index >= 15 is 0 Å². The molecule has 128 valence electrons. The van der Waals surface area contributed by atoms with Crippen molar-refractivity contribution in [2.24, 2.45) is 0 Å². The average Bonchev–Trinajstić information content (AvgIpc) is 2.59. The molecule has 0 aliphatic carbocycles. The highest BCUT2D eigenvalue weighted by Gasteiger charge is 2.16. The number of amides is 1. The van der Waals surface area contributed by atoms with Gasteiger partial charge in [0.25, 0.3) is 0 Å². The van der Waals surface area contributed by atoms with Crippen LogP contribution in [0.25, 0.3) is 0 Å². The van der Waals surface area contributed by atoms with Crippen LogP contribution in [-0.2, 0) is 4.74 Å². The van der Waals surface area contributed by atoms with Crippen LogP contribution < -0.4 is 10.1 Å². The summed E-state index contributed by atoms with van der Waals surface area (Å²) in [6.45, 7) is 4.14. The zero-order valence-electron chi connectivity index (χ0n) is 13.9. The van der Waals surface area contributed by atoms with Crippen molar-refractivity contribution in [1.29, 1.82) is 0 Å². The van der Waals surface area contributed by atoms with E-state index in [1.165, 1.54) is 0 Å². The van der Waals surface area contributed by atoms with E-state index in [1.807, 2.05) is 56.3 Å². The summed E-state index contributed by atoms with van der Waals surface area (Å²) < 4.78 is 11.1. The van der Waals surface area contributed by atoms with Gasteiger partial charge in [0.15, 0.2) is 0 Å². The average molecular weight is 348 g/mol. The Hall–Kier alpha value is -2.20. The molecule has 4 nitrogen and oxygen atoms in total. The monoisotopic (exact) mass is 347 g/mol. The number of carbonyl (C=O) groups is 1. The first kappa shape index (κ1) is 18.1. The molecule has 2 aromatic carbocycles. The number of benzene rings is 2. The van der Waals surface area contributed by atoms with E-state index in [0.717, 1.165) is 5.56 Å². The Kier molecular flexibility index (Phi) is 6.94. The third-order valence-corrected chi connectivity index (χ3v) is 3.83. The summed E-state index contributed by atoms with van der Waals surface area (Å²) >= 11 is 5.92. The predicted molar refractivity (Wildman–Crippen MR) is 95.5 cm³/mol. The van der Waals surface area contributed by atoms with Gasteiger partial charge in [-0.1, -0.05) is 54.9 Å². The van der Waals surface area contributed by atoms with Crippen LogP contribution in [0, 0.1) is 0 Å². The maximum absolute atomic E-state index is 12.1. The summed E-state index contributed by atoms with van der Waals surface area (Å²) in [7, 11) is 0. The molecule has 0 heterocycles. The van der Waals surface area contributed by atoms with E-state index in [2.05, 4.69) is 5.32 Å². The number of hydrogen-bond acceptors (Lipinski definition) is 3. The van der Waals surface area contributed by atoms with Crippen molar-refractivity contribution in [3.8, 4) is 5.75 Å². The summed E-state index contributed by atoms with van der Waals surface area (Å²) in [5.41, 5.74) is 1.03. The normalized spacial score (nSPS) is 13.0. The highest BCUT2D eigenvalue weighted by Crippen LogP contribution is 2.18. The lowest BCUT2D eigenvalue weighted by Gasteiger charge is -2.20. The lowest BCUT2D eigenvalue weighted by molar-refractivity contribution is 0.0612. The van der Waals surface area contributed by atoms with Gasteiger partial charge in [-0.25, -0.2) is 4.79 Å². The number of hydrogen-bond donors (Lipinski definition) is 1. The Bertz CT molecular complexity index is 648. The molecule has 0 radical (unpaired) electrons. The number of halogens is 1. The Labute approximate surface area is 147 Å². The summed E-state index contributed by atoms with van der Waals surface area (Å²) in [5.74, 6) is 0.655. The van der Waals surface area contributed by atoms with Crippen molar-refractivity contribution < 1.29 is 14.3 Å². The first-order valence-electron chi connectivity index (χ1n) is 7.99.